The molecule has 1 aromatic heterocycles. The highest BCUT2D eigenvalue weighted by Crippen LogP contribution is 2.15. The van der Waals surface area contributed by atoms with Crippen molar-refractivity contribution in [3.63, 3.8) is 0 Å². The summed E-state index contributed by atoms with van der Waals surface area (Å²) < 4.78 is 0. The lowest BCUT2D eigenvalue weighted by Gasteiger charge is -1.92. The molecule has 0 radical (unpaired) electrons. The maximum atomic E-state index is 5.46. The highest BCUT2D eigenvalue weighted by Gasteiger charge is 1.92. The number of nitrogen functional groups attached to an aromatic ring is 1. The van der Waals surface area contributed by atoms with E-state index in [4.69, 9.17) is 5.73 Å². The van der Waals surface area contributed by atoms with Gasteiger partial charge in [0, 0.05) is 6.20 Å². The fraction of sp³-hybridized carbons (Fsp3) is 0. The lowest BCUT2D eigenvalue weighted by Crippen LogP contribution is -1.85. The van der Waals surface area contributed by atoms with Crippen molar-refractivity contribution >= 4 is 28.9 Å². The Morgan fingerprint density at radius 1 is 1.70 bits per heavy atom. The zero-order valence-electron chi connectivity index (χ0n) is 5.11. The fourth-order valence-corrected chi connectivity index (χ4v) is 0.633. The van der Waals surface area contributed by atoms with Crippen molar-refractivity contribution in [2.45, 2.75) is 0 Å². The number of nitrogens with two attached hydrogens (primary N) is 1. The minimum Gasteiger partial charge on any atom is -0.396 e. The standard InChI is InChI=1S/C6H5N3S/c7-5-2-1-3-8-6(5)9-4-10/h1-3H,7H2. The summed E-state index contributed by atoms with van der Waals surface area (Å²) in [6, 6.07) is 3.44. The molecule has 10 heavy (non-hydrogen) atoms. The summed E-state index contributed by atoms with van der Waals surface area (Å²) in [6.07, 6.45) is 1.60. The van der Waals surface area contributed by atoms with Gasteiger partial charge in [-0.2, -0.15) is 4.99 Å². The van der Waals surface area contributed by atoms with E-state index >= 15 is 0 Å². The molecule has 3 nitrogen and oxygen atoms in total. The first-order chi connectivity index (χ1) is 4.84. The summed E-state index contributed by atoms with van der Waals surface area (Å²) in [6.45, 7) is 0. The maximum Gasteiger partial charge on any atom is 0.185 e. The molecule has 1 rings (SSSR count). The Kier molecular flexibility index (Phi) is 2.10. The van der Waals surface area contributed by atoms with E-state index in [1.165, 1.54) is 0 Å². The van der Waals surface area contributed by atoms with E-state index in [0.717, 1.165) is 0 Å². The van der Waals surface area contributed by atoms with E-state index in [2.05, 4.69) is 27.4 Å². The van der Waals surface area contributed by atoms with Crippen LogP contribution >= 0.6 is 12.2 Å². The number of isothiocyanates is 1. The first kappa shape index (κ1) is 6.86. The second-order valence-corrected chi connectivity index (χ2v) is 1.80. The van der Waals surface area contributed by atoms with Crippen LogP contribution in [0.3, 0.4) is 0 Å². The van der Waals surface area contributed by atoms with Crippen LogP contribution in [0.1, 0.15) is 0 Å². The smallest absolute Gasteiger partial charge is 0.185 e. The number of hydrogen-bond donors (Lipinski definition) is 1. The highest BCUT2D eigenvalue weighted by molar-refractivity contribution is 7.78. The summed E-state index contributed by atoms with van der Waals surface area (Å²) in [5.41, 5.74) is 5.98. The van der Waals surface area contributed by atoms with Gasteiger partial charge in [0.1, 0.15) is 0 Å². The van der Waals surface area contributed by atoms with Gasteiger partial charge in [-0.1, -0.05) is 0 Å². The first-order valence-electron chi connectivity index (χ1n) is 2.63. The SMILES string of the molecule is Nc1cccnc1N=C=S. The third-order valence-electron chi connectivity index (χ3n) is 0.968. The van der Waals surface area contributed by atoms with Gasteiger partial charge < -0.3 is 5.73 Å². The minimum absolute atomic E-state index is 0.428. The number of aliphatic imine (C=N–C) groups is 1. The summed E-state index contributed by atoms with van der Waals surface area (Å²) in [4.78, 5) is 7.48. The van der Waals surface area contributed by atoms with Crippen LogP contribution in [0.4, 0.5) is 11.5 Å². The monoisotopic (exact) mass is 151 g/mol. The zero-order valence-corrected chi connectivity index (χ0v) is 5.93. The van der Waals surface area contributed by atoms with Gasteiger partial charge in [-0.25, -0.2) is 4.98 Å². The number of nitrogens with zero attached hydrogens (tertiary/aromatic N) is 2. The number of thiocarbonyl (C=S) groups is 1. The number of aromatic nitrogens is 1. The van der Waals surface area contributed by atoms with E-state index in [1.807, 2.05) is 0 Å². The maximum absolute atomic E-state index is 5.46. The summed E-state index contributed by atoms with van der Waals surface area (Å²) in [5.74, 6) is 0.428. The van der Waals surface area contributed by atoms with E-state index in [-0.39, 0.29) is 0 Å². The van der Waals surface area contributed by atoms with Gasteiger partial charge in [-0.3, -0.25) is 0 Å². The van der Waals surface area contributed by atoms with Gasteiger partial charge in [0.2, 0.25) is 0 Å². The minimum atomic E-state index is 0.428. The molecule has 0 aliphatic rings. The van der Waals surface area contributed by atoms with E-state index in [0.29, 0.717) is 11.5 Å². The van der Waals surface area contributed by atoms with Crippen LogP contribution < -0.4 is 5.73 Å². The Balaban J connectivity index is 3.14. The van der Waals surface area contributed by atoms with Gasteiger partial charge in [-0.15, -0.1) is 0 Å². The van der Waals surface area contributed by atoms with Crippen LogP contribution in [0, 0.1) is 0 Å². The lowest BCUT2D eigenvalue weighted by atomic mass is 10.4. The average molecular weight is 151 g/mol. The van der Waals surface area contributed by atoms with E-state index in [1.54, 1.807) is 18.3 Å². The van der Waals surface area contributed by atoms with Crippen LogP contribution in [0.2, 0.25) is 0 Å². The molecule has 1 aromatic rings. The molecule has 0 bridgehead atoms. The molecule has 0 unspecified atom stereocenters. The van der Waals surface area contributed by atoms with Crippen molar-refractivity contribution in [3.8, 4) is 0 Å². The average Bonchev–Trinajstić information content (AvgIpc) is 1.94. The van der Waals surface area contributed by atoms with E-state index in [9.17, 15) is 0 Å². The van der Waals surface area contributed by atoms with Gasteiger partial charge in [0.25, 0.3) is 0 Å². The van der Waals surface area contributed by atoms with Gasteiger partial charge in [-0.05, 0) is 24.4 Å². The molecular formula is C6H5N3S. The lowest BCUT2D eigenvalue weighted by molar-refractivity contribution is 1.29. The summed E-state index contributed by atoms with van der Waals surface area (Å²) >= 11 is 4.38. The van der Waals surface area contributed by atoms with Crippen molar-refractivity contribution in [1.29, 1.82) is 0 Å². The van der Waals surface area contributed by atoms with Gasteiger partial charge >= 0.3 is 0 Å². The summed E-state index contributed by atoms with van der Waals surface area (Å²) in [7, 11) is 0. The molecular weight excluding hydrogens is 146 g/mol. The molecule has 1 heterocycles. The Morgan fingerprint density at radius 2 is 2.50 bits per heavy atom. The predicted molar refractivity (Wildman–Crippen MR) is 43.3 cm³/mol. The molecule has 0 atom stereocenters. The zero-order chi connectivity index (χ0) is 7.40. The molecule has 0 fully saturated rings. The normalized spacial score (nSPS) is 8.40. The largest absolute Gasteiger partial charge is 0.396 e. The van der Waals surface area contributed by atoms with Gasteiger partial charge in [0.15, 0.2) is 5.82 Å². The predicted octanol–water partition coefficient (Wildman–Crippen LogP) is 1.40. The molecule has 50 valence electrons. The van der Waals surface area contributed by atoms with Crippen LogP contribution in [0.25, 0.3) is 0 Å². The van der Waals surface area contributed by atoms with Crippen LogP contribution in [-0.2, 0) is 0 Å². The van der Waals surface area contributed by atoms with Crippen LogP contribution in [0.15, 0.2) is 23.3 Å². The quantitative estimate of drug-likeness (QED) is 0.487. The van der Waals surface area contributed by atoms with Crippen molar-refractivity contribution < 1.29 is 0 Å². The molecule has 0 saturated carbocycles. The van der Waals surface area contributed by atoms with Gasteiger partial charge in [0.05, 0.1) is 10.8 Å². The fourth-order valence-electron chi connectivity index (χ4n) is 0.546. The number of anilines is 1. The van der Waals surface area contributed by atoms with E-state index < -0.39 is 0 Å². The first-order valence-corrected chi connectivity index (χ1v) is 3.04. The van der Waals surface area contributed by atoms with Crippen molar-refractivity contribution in [2.75, 3.05) is 5.73 Å². The third-order valence-corrected chi connectivity index (χ3v) is 1.06. The molecule has 0 amide bonds. The second kappa shape index (κ2) is 3.06. The molecule has 0 spiro atoms. The molecule has 2 N–H and O–H groups in total. The highest BCUT2D eigenvalue weighted by atomic mass is 32.1. The van der Waals surface area contributed by atoms with Crippen LogP contribution in [0.5, 0.6) is 0 Å². The topological polar surface area (TPSA) is 51.3 Å². The Labute approximate surface area is 63.6 Å². The Hall–Kier alpha value is -1.25. The molecule has 4 heteroatoms. The number of rotatable bonds is 1. The van der Waals surface area contributed by atoms with Crippen molar-refractivity contribution in [1.82, 2.24) is 4.98 Å². The molecule has 0 aliphatic carbocycles. The molecule has 0 saturated heterocycles. The molecule has 0 aliphatic heterocycles. The molecule has 0 aromatic carbocycles. The van der Waals surface area contributed by atoms with Crippen LogP contribution in [-0.4, -0.2) is 10.1 Å². The Bertz CT molecular complexity index is 278. The third kappa shape index (κ3) is 1.37. The Morgan fingerprint density at radius 3 is 3.10 bits per heavy atom. The van der Waals surface area contributed by atoms with Crippen molar-refractivity contribution in [2.24, 2.45) is 4.99 Å². The second-order valence-electron chi connectivity index (χ2n) is 1.62. The van der Waals surface area contributed by atoms with Crippen molar-refractivity contribution in [3.05, 3.63) is 18.3 Å². The number of pyridine rings is 1. The number of hydrogen-bond acceptors (Lipinski definition) is 4. The summed E-state index contributed by atoms with van der Waals surface area (Å²) in [5, 5.41) is 2.19.